The predicted octanol–water partition coefficient (Wildman–Crippen LogP) is 2.34. The zero-order valence-corrected chi connectivity index (χ0v) is 14.5. The van der Waals surface area contributed by atoms with Crippen molar-refractivity contribution in [3.05, 3.63) is 27.8 Å². The van der Waals surface area contributed by atoms with Crippen LogP contribution in [0.15, 0.2) is 17.0 Å². The van der Waals surface area contributed by atoms with Crippen LogP contribution in [-0.4, -0.2) is 42.3 Å². The number of hydrogen-bond donors (Lipinski definition) is 2. The summed E-state index contributed by atoms with van der Waals surface area (Å²) in [5, 5.41) is 17.9. The summed E-state index contributed by atoms with van der Waals surface area (Å²) in [4.78, 5) is 24.2. The molecule has 2 unspecified atom stereocenters. The zero-order chi connectivity index (χ0) is 17.3. The van der Waals surface area contributed by atoms with Gasteiger partial charge in [-0.2, -0.15) is 0 Å². The molecule has 0 spiro atoms. The fourth-order valence-electron chi connectivity index (χ4n) is 3.64. The van der Waals surface area contributed by atoms with Crippen LogP contribution in [0, 0.1) is 10.1 Å². The van der Waals surface area contributed by atoms with E-state index >= 15 is 0 Å². The summed E-state index contributed by atoms with van der Waals surface area (Å²) < 4.78 is 5.18. The van der Waals surface area contributed by atoms with Gasteiger partial charge in [0.05, 0.1) is 23.0 Å². The van der Waals surface area contributed by atoms with E-state index in [4.69, 9.17) is 4.74 Å². The monoisotopic (exact) mass is 351 g/mol. The second-order valence-electron chi connectivity index (χ2n) is 6.26. The van der Waals surface area contributed by atoms with Gasteiger partial charge in [-0.15, -0.1) is 11.8 Å². The number of carbonyl (C=O) groups excluding carboxylic acids is 1. The Kier molecular flexibility index (Phi) is 4.96. The number of rotatable bonds is 5. The first-order valence-corrected chi connectivity index (χ1v) is 9.21. The van der Waals surface area contributed by atoms with Crippen LogP contribution >= 0.6 is 11.8 Å². The molecule has 24 heavy (non-hydrogen) atoms. The van der Waals surface area contributed by atoms with Crippen LogP contribution < -0.4 is 15.4 Å². The third-order valence-corrected chi connectivity index (χ3v) is 5.51. The number of nitrogens with one attached hydrogen (secondary N) is 2. The van der Waals surface area contributed by atoms with Gasteiger partial charge in [-0.25, -0.2) is 0 Å². The van der Waals surface area contributed by atoms with Gasteiger partial charge in [0.25, 0.3) is 11.6 Å². The molecular formula is C16H21N3O4S. The zero-order valence-electron chi connectivity index (χ0n) is 13.7. The molecule has 0 radical (unpaired) electrons. The van der Waals surface area contributed by atoms with Gasteiger partial charge < -0.3 is 15.4 Å². The summed E-state index contributed by atoms with van der Waals surface area (Å²) in [6.07, 6.45) is 5.87. The van der Waals surface area contributed by atoms with Crippen molar-refractivity contribution in [3.63, 3.8) is 0 Å². The number of nitro benzene ring substituents is 1. The number of benzene rings is 1. The van der Waals surface area contributed by atoms with Crippen LogP contribution in [0.2, 0.25) is 0 Å². The molecule has 1 aromatic carbocycles. The molecule has 7 nitrogen and oxygen atoms in total. The predicted molar refractivity (Wildman–Crippen MR) is 91.9 cm³/mol. The van der Waals surface area contributed by atoms with Gasteiger partial charge in [-0.05, 0) is 38.0 Å². The van der Waals surface area contributed by atoms with Crippen LogP contribution in [0.25, 0.3) is 0 Å². The van der Waals surface area contributed by atoms with Gasteiger partial charge in [-0.3, -0.25) is 14.9 Å². The SMILES string of the molecule is COc1cc([N+](=O)[O-])c(C(=O)NC2CC3CCC(C2)N3)cc1SC. The van der Waals surface area contributed by atoms with Gasteiger partial charge in [0.2, 0.25) is 0 Å². The second kappa shape index (κ2) is 6.98. The Morgan fingerprint density at radius 1 is 1.38 bits per heavy atom. The number of fused-ring (bicyclic) bond motifs is 2. The number of amides is 1. The Hall–Kier alpha value is -1.80. The lowest BCUT2D eigenvalue weighted by Crippen LogP contribution is -2.48. The maximum absolute atomic E-state index is 12.7. The number of methoxy groups -OCH3 is 1. The first-order valence-electron chi connectivity index (χ1n) is 7.99. The highest BCUT2D eigenvalue weighted by molar-refractivity contribution is 7.98. The van der Waals surface area contributed by atoms with Crippen LogP contribution in [-0.2, 0) is 0 Å². The van der Waals surface area contributed by atoms with E-state index in [1.54, 1.807) is 6.07 Å². The van der Waals surface area contributed by atoms with E-state index in [0.717, 1.165) is 25.7 Å². The molecular weight excluding hydrogens is 330 g/mol. The minimum absolute atomic E-state index is 0.0654. The average molecular weight is 351 g/mol. The number of carbonyl (C=O) groups is 1. The fraction of sp³-hybridized carbons (Fsp3) is 0.562. The molecule has 2 heterocycles. The Labute approximate surface area is 144 Å². The number of piperidine rings is 1. The van der Waals surface area contributed by atoms with Crippen molar-refractivity contribution in [3.8, 4) is 5.75 Å². The molecule has 0 saturated carbocycles. The number of nitrogens with zero attached hydrogens (tertiary/aromatic N) is 1. The Bertz CT molecular complexity index is 655. The Morgan fingerprint density at radius 3 is 2.58 bits per heavy atom. The van der Waals surface area contributed by atoms with Crippen molar-refractivity contribution in [2.45, 2.75) is 48.7 Å². The molecule has 3 rings (SSSR count). The topological polar surface area (TPSA) is 93.5 Å². The summed E-state index contributed by atoms with van der Waals surface area (Å²) in [5.74, 6) is 0.0246. The lowest BCUT2D eigenvalue weighted by molar-refractivity contribution is -0.385. The molecule has 2 N–H and O–H groups in total. The molecule has 8 heteroatoms. The third kappa shape index (κ3) is 3.34. The first kappa shape index (κ1) is 17.0. The summed E-state index contributed by atoms with van der Waals surface area (Å²) >= 11 is 1.39. The maximum atomic E-state index is 12.7. The van der Waals surface area contributed by atoms with Gasteiger partial charge in [0.1, 0.15) is 11.3 Å². The van der Waals surface area contributed by atoms with E-state index in [1.165, 1.54) is 24.9 Å². The molecule has 0 aromatic heterocycles. The molecule has 2 fully saturated rings. The van der Waals surface area contributed by atoms with Crippen LogP contribution in [0.5, 0.6) is 5.75 Å². The van der Waals surface area contributed by atoms with Gasteiger partial charge in [-0.1, -0.05) is 0 Å². The Morgan fingerprint density at radius 2 is 2.04 bits per heavy atom. The van der Waals surface area contributed by atoms with Crippen molar-refractivity contribution in [1.29, 1.82) is 0 Å². The summed E-state index contributed by atoms with van der Waals surface area (Å²) in [6.45, 7) is 0. The van der Waals surface area contributed by atoms with Crippen LogP contribution in [0.1, 0.15) is 36.0 Å². The normalized spacial score (nSPS) is 25.3. The average Bonchev–Trinajstić information content (AvgIpc) is 2.91. The van der Waals surface area contributed by atoms with Crippen molar-refractivity contribution < 1.29 is 14.5 Å². The smallest absolute Gasteiger partial charge is 0.285 e. The second-order valence-corrected chi connectivity index (χ2v) is 7.11. The molecule has 0 aliphatic carbocycles. The Balaban J connectivity index is 1.84. The highest BCUT2D eigenvalue weighted by Gasteiger charge is 2.35. The molecule has 2 atom stereocenters. The lowest BCUT2D eigenvalue weighted by Gasteiger charge is -2.29. The molecule has 1 aromatic rings. The molecule has 2 aliphatic heterocycles. The largest absolute Gasteiger partial charge is 0.495 e. The number of ether oxygens (including phenoxy) is 1. The van der Waals surface area contributed by atoms with Crippen LogP contribution in [0.3, 0.4) is 0 Å². The van der Waals surface area contributed by atoms with E-state index in [2.05, 4.69) is 10.6 Å². The highest BCUT2D eigenvalue weighted by atomic mass is 32.2. The summed E-state index contributed by atoms with van der Waals surface area (Å²) in [7, 11) is 1.46. The quantitative estimate of drug-likeness (QED) is 0.480. The van der Waals surface area contributed by atoms with Gasteiger partial charge in [0.15, 0.2) is 0 Å². The first-order chi connectivity index (χ1) is 11.5. The van der Waals surface area contributed by atoms with E-state index in [1.807, 2.05) is 6.26 Å². The van der Waals surface area contributed by atoms with Gasteiger partial charge >= 0.3 is 0 Å². The van der Waals surface area contributed by atoms with Crippen molar-refractivity contribution in [2.24, 2.45) is 0 Å². The lowest BCUT2D eigenvalue weighted by atomic mass is 9.99. The van der Waals surface area contributed by atoms with E-state index in [-0.39, 0.29) is 23.2 Å². The maximum Gasteiger partial charge on any atom is 0.285 e. The van der Waals surface area contributed by atoms with Crippen molar-refractivity contribution in [2.75, 3.05) is 13.4 Å². The fourth-order valence-corrected chi connectivity index (χ4v) is 4.22. The molecule has 130 valence electrons. The summed E-state index contributed by atoms with van der Waals surface area (Å²) in [6, 6.07) is 3.83. The third-order valence-electron chi connectivity index (χ3n) is 4.75. The molecule has 2 bridgehead atoms. The number of hydrogen-bond acceptors (Lipinski definition) is 6. The van der Waals surface area contributed by atoms with Crippen LogP contribution in [0.4, 0.5) is 5.69 Å². The standard InChI is InChI=1S/C16H21N3O4S/c1-23-14-8-13(19(21)22)12(7-15(14)24-2)16(20)18-11-5-9-3-4-10(6-11)17-9/h7-11,17H,3-6H2,1-2H3,(H,18,20). The minimum atomic E-state index is -0.534. The summed E-state index contributed by atoms with van der Waals surface area (Å²) in [5.41, 5.74) is -0.130. The van der Waals surface area contributed by atoms with E-state index in [0.29, 0.717) is 22.7 Å². The van der Waals surface area contributed by atoms with E-state index in [9.17, 15) is 14.9 Å². The molecule has 1 amide bonds. The highest BCUT2D eigenvalue weighted by Crippen LogP contribution is 2.35. The molecule has 2 aliphatic rings. The van der Waals surface area contributed by atoms with E-state index < -0.39 is 4.92 Å². The number of nitro groups is 1. The van der Waals surface area contributed by atoms with Gasteiger partial charge in [0, 0.05) is 18.1 Å². The molecule has 2 saturated heterocycles. The minimum Gasteiger partial charge on any atom is -0.495 e. The van der Waals surface area contributed by atoms with Crippen molar-refractivity contribution >= 4 is 23.4 Å². The number of thioether (sulfide) groups is 1. The van der Waals surface area contributed by atoms with Crippen molar-refractivity contribution in [1.82, 2.24) is 10.6 Å².